The highest BCUT2D eigenvalue weighted by Crippen LogP contribution is 2.29. The van der Waals surface area contributed by atoms with Crippen LogP contribution in [0.2, 0.25) is 5.15 Å². The zero-order valence-corrected chi connectivity index (χ0v) is 8.72. The number of nitrogens with one attached hydrogen (secondary N) is 1. The molecule has 0 radical (unpaired) electrons. The van der Waals surface area contributed by atoms with Gasteiger partial charge in [0, 0.05) is 24.4 Å². The number of rotatable bonds is 1. The van der Waals surface area contributed by atoms with E-state index in [-0.39, 0.29) is 0 Å². The number of halogens is 1. The van der Waals surface area contributed by atoms with Crippen LogP contribution >= 0.6 is 11.6 Å². The molecule has 1 aliphatic rings. The topological polar surface area (TPSA) is 24.9 Å². The predicted molar refractivity (Wildman–Crippen MR) is 58.4 cm³/mol. The molecule has 1 N–H and O–H groups in total. The van der Waals surface area contributed by atoms with Crippen LogP contribution < -0.4 is 5.32 Å². The average Bonchev–Trinajstić information content (AvgIpc) is 2.20. The van der Waals surface area contributed by atoms with Crippen molar-refractivity contribution in [2.75, 3.05) is 6.54 Å². The van der Waals surface area contributed by atoms with Gasteiger partial charge in [-0.25, -0.2) is 4.98 Å². The first-order chi connectivity index (χ1) is 6.77. The summed E-state index contributed by atoms with van der Waals surface area (Å²) >= 11 is 5.74. The zero-order valence-electron chi connectivity index (χ0n) is 7.96. The third-order valence-electron chi connectivity index (χ3n) is 2.59. The van der Waals surface area contributed by atoms with Crippen molar-refractivity contribution in [2.45, 2.75) is 18.8 Å². The van der Waals surface area contributed by atoms with Crippen LogP contribution in [0.5, 0.6) is 0 Å². The van der Waals surface area contributed by atoms with E-state index in [1.165, 1.54) is 12.0 Å². The number of allylic oxidation sites excluding steroid dienone is 1. The molecule has 1 fully saturated rings. The van der Waals surface area contributed by atoms with Gasteiger partial charge in [0.05, 0.1) is 0 Å². The van der Waals surface area contributed by atoms with E-state index < -0.39 is 0 Å². The minimum atomic E-state index is 0.397. The van der Waals surface area contributed by atoms with Gasteiger partial charge >= 0.3 is 0 Å². The summed E-state index contributed by atoms with van der Waals surface area (Å²) in [5.41, 5.74) is 2.30. The summed E-state index contributed by atoms with van der Waals surface area (Å²) in [5.74, 6) is 0.397. The Morgan fingerprint density at radius 1 is 1.50 bits per heavy atom. The lowest BCUT2D eigenvalue weighted by Crippen LogP contribution is -2.25. The molecule has 2 nitrogen and oxygen atoms in total. The van der Waals surface area contributed by atoms with Crippen LogP contribution in [0.25, 0.3) is 0 Å². The molecule has 0 bridgehead atoms. The van der Waals surface area contributed by atoms with E-state index in [1.807, 2.05) is 18.3 Å². The van der Waals surface area contributed by atoms with Crippen LogP contribution in [-0.4, -0.2) is 11.5 Å². The van der Waals surface area contributed by atoms with E-state index >= 15 is 0 Å². The van der Waals surface area contributed by atoms with E-state index in [4.69, 9.17) is 11.6 Å². The van der Waals surface area contributed by atoms with Crippen molar-refractivity contribution >= 4 is 11.6 Å². The summed E-state index contributed by atoms with van der Waals surface area (Å²) in [6.45, 7) is 5.06. The van der Waals surface area contributed by atoms with Gasteiger partial charge in [-0.15, -0.1) is 0 Å². The summed E-state index contributed by atoms with van der Waals surface area (Å²) in [4.78, 5) is 4.09. The Morgan fingerprint density at radius 2 is 2.36 bits per heavy atom. The van der Waals surface area contributed by atoms with Gasteiger partial charge in [-0.05, 0) is 24.5 Å². The molecule has 3 heteroatoms. The van der Waals surface area contributed by atoms with Crippen LogP contribution in [0.1, 0.15) is 24.3 Å². The Labute approximate surface area is 89.0 Å². The SMILES string of the molecule is C=C1NCCCC1c1ccc(Cl)nc1. The highest BCUT2D eigenvalue weighted by Gasteiger charge is 2.18. The predicted octanol–water partition coefficient (Wildman–Crippen LogP) is 2.72. The lowest BCUT2D eigenvalue weighted by atomic mass is 9.90. The molecule has 1 atom stereocenters. The quantitative estimate of drug-likeness (QED) is 0.718. The summed E-state index contributed by atoms with van der Waals surface area (Å²) < 4.78 is 0. The molecule has 1 saturated heterocycles. The third-order valence-corrected chi connectivity index (χ3v) is 2.82. The first kappa shape index (κ1) is 9.53. The second-order valence-electron chi connectivity index (χ2n) is 3.56. The van der Waals surface area contributed by atoms with Gasteiger partial charge in [-0.1, -0.05) is 24.2 Å². The van der Waals surface area contributed by atoms with Gasteiger partial charge in [0.15, 0.2) is 0 Å². The number of nitrogens with zero attached hydrogens (tertiary/aromatic N) is 1. The largest absolute Gasteiger partial charge is 0.388 e. The van der Waals surface area contributed by atoms with Gasteiger partial charge in [-0.2, -0.15) is 0 Å². The summed E-state index contributed by atoms with van der Waals surface area (Å²) in [6, 6.07) is 3.86. The maximum atomic E-state index is 5.74. The average molecular weight is 209 g/mol. The molecule has 2 rings (SSSR count). The van der Waals surface area contributed by atoms with Gasteiger partial charge < -0.3 is 5.32 Å². The van der Waals surface area contributed by atoms with Crippen molar-refractivity contribution in [1.29, 1.82) is 0 Å². The second-order valence-corrected chi connectivity index (χ2v) is 3.95. The molecule has 0 aromatic carbocycles. The lowest BCUT2D eigenvalue weighted by Gasteiger charge is -2.26. The Hall–Kier alpha value is -1.02. The lowest BCUT2D eigenvalue weighted by molar-refractivity contribution is 0.531. The van der Waals surface area contributed by atoms with Crippen molar-refractivity contribution in [2.24, 2.45) is 0 Å². The number of piperidine rings is 1. The molecule has 0 aliphatic carbocycles. The van der Waals surface area contributed by atoms with Crippen LogP contribution in [0.15, 0.2) is 30.6 Å². The van der Waals surface area contributed by atoms with E-state index in [2.05, 4.69) is 16.9 Å². The van der Waals surface area contributed by atoms with Crippen molar-refractivity contribution in [3.63, 3.8) is 0 Å². The fourth-order valence-electron chi connectivity index (χ4n) is 1.81. The summed E-state index contributed by atoms with van der Waals surface area (Å²) in [6.07, 6.45) is 4.17. The molecular weight excluding hydrogens is 196 g/mol. The van der Waals surface area contributed by atoms with E-state index in [0.717, 1.165) is 18.7 Å². The van der Waals surface area contributed by atoms with Crippen molar-refractivity contribution in [3.05, 3.63) is 41.3 Å². The Kier molecular flexibility index (Phi) is 2.73. The number of pyridine rings is 1. The minimum absolute atomic E-state index is 0.397. The van der Waals surface area contributed by atoms with Crippen molar-refractivity contribution < 1.29 is 0 Å². The van der Waals surface area contributed by atoms with Crippen LogP contribution in [0.3, 0.4) is 0 Å². The molecule has 1 aliphatic heterocycles. The molecular formula is C11H13ClN2. The van der Waals surface area contributed by atoms with Crippen LogP contribution in [-0.2, 0) is 0 Å². The molecule has 0 saturated carbocycles. The van der Waals surface area contributed by atoms with E-state index in [0.29, 0.717) is 11.1 Å². The molecule has 2 heterocycles. The smallest absolute Gasteiger partial charge is 0.129 e. The van der Waals surface area contributed by atoms with Gasteiger partial charge in [-0.3, -0.25) is 0 Å². The highest BCUT2D eigenvalue weighted by atomic mass is 35.5. The Bertz CT molecular complexity index is 332. The number of aromatic nitrogens is 1. The first-order valence-electron chi connectivity index (χ1n) is 4.81. The molecule has 74 valence electrons. The molecule has 1 aromatic heterocycles. The van der Waals surface area contributed by atoms with Gasteiger partial charge in [0.2, 0.25) is 0 Å². The molecule has 1 unspecified atom stereocenters. The summed E-state index contributed by atoms with van der Waals surface area (Å²) in [5, 5.41) is 3.83. The van der Waals surface area contributed by atoms with E-state index in [9.17, 15) is 0 Å². The van der Waals surface area contributed by atoms with Gasteiger partial charge in [0.25, 0.3) is 0 Å². The monoisotopic (exact) mass is 208 g/mol. The zero-order chi connectivity index (χ0) is 9.97. The fraction of sp³-hybridized carbons (Fsp3) is 0.364. The maximum Gasteiger partial charge on any atom is 0.129 e. The molecule has 1 aromatic rings. The Morgan fingerprint density at radius 3 is 3.00 bits per heavy atom. The normalized spacial score (nSPS) is 21.8. The fourth-order valence-corrected chi connectivity index (χ4v) is 1.93. The van der Waals surface area contributed by atoms with Crippen molar-refractivity contribution in [3.8, 4) is 0 Å². The molecule has 14 heavy (non-hydrogen) atoms. The Balaban J connectivity index is 2.20. The third kappa shape index (κ3) is 1.90. The summed E-state index contributed by atoms with van der Waals surface area (Å²) in [7, 11) is 0. The standard InChI is InChI=1S/C11H13ClN2/c1-8-10(3-2-6-13-8)9-4-5-11(12)14-7-9/h4-5,7,10,13H,1-3,6H2. The van der Waals surface area contributed by atoms with Crippen LogP contribution in [0, 0.1) is 0 Å². The molecule has 0 spiro atoms. The minimum Gasteiger partial charge on any atom is -0.388 e. The molecule has 0 amide bonds. The van der Waals surface area contributed by atoms with E-state index in [1.54, 1.807) is 0 Å². The highest BCUT2D eigenvalue weighted by molar-refractivity contribution is 6.29. The van der Waals surface area contributed by atoms with Crippen molar-refractivity contribution in [1.82, 2.24) is 10.3 Å². The van der Waals surface area contributed by atoms with Gasteiger partial charge in [0.1, 0.15) is 5.15 Å². The number of hydrogen-bond acceptors (Lipinski definition) is 2. The number of hydrogen-bond donors (Lipinski definition) is 1. The second kappa shape index (κ2) is 4.01. The first-order valence-corrected chi connectivity index (χ1v) is 5.19. The van der Waals surface area contributed by atoms with Crippen LogP contribution in [0.4, 0.5) is 0 Å². The maximum absolute atomic E-state index is 5.74.